The van der Waals surface area contributed by atoms with E-state index < -0.39 is 15.4 Å². The summed E-state index contributed by atoms with van der Waals surface area (Å²) in [5, 5.41) is 0. The van der Waals surface area contributed by atoms with Crippen molar-refractivity contribution in [2.75, 3.05) is 5.75 Å². The topological polar surface area (TPSA) is 78.3 Å². The van der Waals surface area contributed by atoms with Crippen LogP contribution in [-0.2, 0) is 39.6 Å². The van der Waals surface area contributed by atoms with E-state index in [4.69, 9.17) is 9.72 Å². The largest absolute Gasteiger partial charge is 0.479 e. The molecule has 0 radical (unpaired) electrons. The molecule has 38 heavy (non-hydrogen) atoms. The minimum absolute atomic E-state index is 0.0455. The second-order valence-corrected chi connectivity index (χ2v) is 12.1. The van der Waals surface area contributed by atoms with Gasteiger partial charge in [-0.25, -0.2) is 17.8 Å². The fourth-order valence-corrected chi connectivity index (χ4v) is 5.92. The molecule has 1 saturated carbocycles. The number of imidazole rings is 1. The number of Topliss-reactive ketones (excluding diaryl/α,β-unsaturated/α-hetero) is 1. The number of fused-ring (bicyclic) bond motifs is 1. The predicted molar refractivity (Wildman–Crippen MR) is 145 cm³/mol. The van der Waals surface area contributed by atoms with Crippen LogP contribution in [0.5, 0.6) is 5.75 Å². The summed E-state index contributed by atoms with van der Waals surface area (Å²) in [7, 11) is -3.25. The number of benzene rings is 3. The summed E-state index contributed by atoms with van der Waals surface area (Å²) in [5.41, 5.74) is 2.64. The Morgan fingerprint density at radius 2 is 1.61 bits per heavy atom. The van der Waals surface area contributed by atoms with E-state index in [-0.39, 0.29) is 35.1 Å². The standard InChI is InChI=1S/C30H31FN2O4S/c1-3-33-28-15-10-23(31)20-27(28)32-29(33)30(16-5-17-30)37-25-11-6-21(7-12-25)18-24(34)19-22-8-13-26(14-9-22)38(35,36)4-2/h6-15,20H,3-5,16-19H2,1-2H3. The van der Waals surface area contributed by atoms with Crippen molar-refractivity contribution in [2.45, 2.75) is 63.0 Å². The van der Waals surface area contributed by atoms with Gasteiger partial charge in [0.2, 0.25) is 0 Å². The van der Waals surface area contributed by atoms with Crippen LogP contribution in [0, 0.1) is 5.82 Å². The molecule has 0 bridgehead atoms. The van der Waals surface area contributed by atoms with Gasteiger partial charge in [-0.1, -0.05) is 31.2 Å². The van der Waals surface area contributed by atoms with Crippen molar-refractivity contribution in [1.82, 2.24) is 9.55 Å². The number of carbonyl (C=O) groups excluding carboxylic acids is 1. The maximum atomic E-state index is 13.8. The molecule has 1 heterocycles. The van der Waals surface area contributed by atoms with E-state index in [0.29, 0.717) is 17.8 Å². The van der Waals surface area contributed by atoms with E-state index in [1.165, 1.54) is 12.1 Å². The van der Waals surface area contributed by atoms with Gasteiger partial charge < -0.3 is 9.30 Å². The van der Waals surface area contributed by atoms with E-state index in [0.717, 1.165) is 41.7 Å². The zero-order chi connectivity index (χ0) is 26.9. The van der Waals surface area contributed by atoms with E-state index in [1.54, 1.807) is 37.3 Å². The quantitative estimate of drug-likeness (QED) is 0.257. The van der Waals surface area contributed by atoms with Gasteiger partial charge in [0, 0.05) is 25.5 Å². The van der Waals surface area contributed by atoms with Crippen LogP contribution in [0.25, 0.3) is 11.0 Å². The van der Waals surface area contributed by atoms with Crippen molar-refractivity contribution < 1.29 is 22.3 Å². The number of ether oxygens (including phenoxy) is 1. The molecule has 4 aromatic rings. The van der Waals surface area contributed by atoms with Crippen molar-refractivity contribution in [3.63, 3.8) is 0 Å². The van der Waals surface area contributed by atoms with Crippen LogP contribution in [-0.4, -0.2) is 29.5 Å². The van der Waals surface area contributed by atoms with Crippen molar-refractivity contribution in [3.8, 4) is 5.75 Å². The number of sulfone groups is 1. The molecule has 198 valence electrons. The van der Waals surface area contributed by atoms with E-state index >= 15 is 0 Å². The molecular weight excluding hydrogens is 503 g/mol. The molecule has 1 aliphatic rings. The third-order valence-corrected chi connectivity index (χ3v) is 9.05. The van der Waals surface area contributed by atoms with Crippen molar-refractivity contribution >= 4 is 26.7 Å². The summed E-state index contributed by atoms with van der Waals surface area (Å²) in [6.07, 6.45) is 3.20. The number of aromatic nitrogens is 2. The normalized spacial score (nSPS) is 14.8. The summed E-state index contributed by atoms with van der Waals surface area (Å²) in [4.78, 5) is 17.7. The van der Waals surface area contributed by atoms with Gasteiger partial charge in [-0.3, -0.25) is 4.79 Å². The average Bonchev–Trinajstić information content (AvgIpc) is 3.25. The molecule has 0 saturated heterocycles. The molecule has 8 heteroatoms. The zero-order valence-electron chi connectivity index (χ0n) is 21.6. The number of hydrogen-bond donors (Lipinski definition) is 0. The maximum absolute atomic E-state index is 13.8. The van der Waals surface area contributed by atoms with Crippen LogP contribution in [0.3, 0.4) is 0 Å². The highest BCUT2D eigenvalue weighted by Gasteiger charge is 2.45. The Kier molecular flexibility index (Phi) is 7.09. The Hall–Kier alpha value is -3.52. The molecule has 0 spiro atoms. The molecule has 0 N–H and O–H groups in total. The van der Waals surface area contributed by atoms with Crippen LogP contribution in [0.2, 0.25) is 0 Å². The lowest BCUT2D eigenvalue weighted by molar-refractivity contribution is -0.117. The molecular formula is C30H31FN2O4S. The van der Waals surface area contributed by atoms with Gasteiger partial charge in [0.25, 0.3) is 0 Å². The summed E-state index contributed by atoms with van der Waals surface area (Å²) >= 11 is 0. The zero-order valence-corrected chi connectivity index (χ0v) is 22.4. The first kappa shape index (κ1) is 26.1. The summed E-state index contributed by atoms with van der Waals surface area (Å²) in [5.74, 6) is 1.31. The summed E-state index contributed by atoms with van der Waals surface area (Å²) < 4.78 is 46.4. The molecule has 5 rings (SSSR count). The molecule has 0 amide bonds. The number of nitrogens with zero attached hydrogens (tertiary/aromatic N) is 2. The van der Waals surface area contributed by atoms with Gasteiger partial charge in [-0.2, -0.15) is 0 Å². The van der Waals surface area contributed by atoms with Crippen molar-refractivity contribution in [3.05, 3.63) is 89.5 Å². The minimum atomic E-state index is -3.25. The lowest BCUT2D eigenvalue weighted by atomic mass is 9.79. The maximum Gasteiger partial charge on any atom is 0.178 e. The predicted octanol–water partition coefficient (Wildman–Crippen LogP) is 5.80. The number of rotatable bonds is 10. The Morgan fingerprint density at radius 3 is 2.16 bits per heavy atom. The summed E-state index contributed by atoms with van der Waals surface area (Å²) in [6.45, 7) is 4.37. The number of hydrogen-bond acceptors (Lipinski definition) is 5. The second-order valence-electron chi connectivity index (χ2n) is 9.85. The molecule has 0 unspecified atom stereocenters. The van der Waals surface area contributed by atoms with Crippen LogP contribution in [0.1, 0.15) is 50.1 Å². The Labute approximate surface area is 222 Å². The fraction of sp³-hybridized carbons (Fsp3) is 0.333. The number of halogens is 1. The van der Waals surface area contributed by atoms with Gasteiger partial charge in [0.15, 0.2) is 21.3 Å². The highest BCUT2D eigenvalue weighted by Crippen LogP contribution is 2.45. The van der Waals surface area contributed by atoms with E-state index in [2.05, 4.69) is 4.57 Å². The number of aryl methyl sites for hydroxylation is 1. The highest BCUT2D eigenvalue weighted by atomic mass is 32.2. The van der Waals surface area contributed by atoms with Gasteiger partial charge in [0.1, 0.15) is 17.3 Å². The Balaban J connectivity index is 1.27. The lowest BCUT2D eigenvalue weighted by Gasteiger charge is -2.41. The lowest BCUT2D eigenvalue weighted by Crippen LogP contribution is -2.42. The Morgan fingerprint density at radius 1 is 0.974 bits per heavy atom. The third-order valence-electron chi connectivity index (χ3n) is 7.30. The van der Waals surface area contributed by atoms with Crippen molar-refractivity contribution in [2.24, 2.45) is 0 Å². The van der Waals surface area contributed by atoms with Crippen LogP contribution in [0.15, 0.2) is 71.6 Å². The monoisotopic (exact) mass is 534 g/mol. The molecule has 1 fully saturated rings. The van der Waals surface area contributed by atoms with Crippen molar-refractivity contribution in [1.29, 1.82) is 0 Å². The Bertz CT molecular complexity index is 1570. The first-order chi connectivity index (χ1) is 18.2. The fourth-order valence-electron chi connectivity index (χ4n) is 5.04. The first-order valence-corrected chi connectivity index (χ1v) is 14.7. The van der Waals surface area contributed by atoms with Crippen LogP contribution in [0.4, 0.5) is 4.39 Å². The number of carbonyl (C=O) groups is 1. The SMILES string of the molecule is CCn1c(C2(Oc3ccc(CC(=O)Cc4ccc(S(=O)(=O)CC)cc4)cc3)CCC2)nc2cc(F)ccc21. The molecule has 1 aliphatic carbocycles. The number of ketones is 1. The van der Waals surface area contributed by atoms with Gasteiger partial charge in [0.05, 0.1) is 21.7 Å². The second kappa shape index (κ2) is 10.3. The highest BCUT2D eigenvalue weighted by molar-refractivity contribution is 7.91. The van der Waals surface area contributed by atoms with Crippen LogP contribution < -0.4 is 4.74 Å². The molecule has 0 atom stereocenters. The smallest absolute Gasteiger partial charge is 0.178 e. The molecule has 3 aromatic carbocycles. The molecule has 6 nitrogen and oxygen atoms in total. The van der Waals surface area contributed by atoms with Gasteiger partial charge in [-0.15, -0.1) is 0 Å². The first-order valence-electron chi connectivity index (χ1n) is 13.0. The molecule has 1 aromatic heterocycles. The van der Waals surface area contributed by atoms with Gasteiger partial charge in [-0.05, 0) is 73.7 Å². The van der Waals surface area contributed by atoms with Gasteiger partial charge >= 0.3 is 0 Å². The third kappa shape index (κ3) is 5.10. The molecule has 0 aliphatic heterocycles. The minimum Gasteiger partial charge on any atom is -0.479 e. The average molecular weight is 535 g/mol. The summed E-state index contributed by atoms with van der Waals surface area (Å²) in [6, 6.07) is 18.8. The van der Waals surface area contributed by atoms with Crippen LogP contribution >= 0.6 is 0 Å². The van der Waals surface area contributed by atoms with E-state index in [1.807, 2.05) is 31.2 Å². The van der Waals surface area contributed by atoms with E-state index in [9.17, 15) is 17.6 Å².